The van der Waals surface area contributed by atoms with E-state index >= 15 is 0 Å². The molecule has 0 bridgehead atoms. The first-order valence-electron chi connectivity index (χ1n) is 22.0. The van der Waals surface area contributed by atoms with E-state index in [0.29, 0.717) is 0 Å². The number of hydrogen-bond donors (Lipinski definition) is 0. The summed E-state index contributed by atoms with van der Waals surface area (Å²) in [5, 5.41) is 0. The van der Waals surface area contributed by atoms with Crippen molar-refractivity contribution in [2.24, 2.45) is 0 Å². The maximum atomic E-state index is 2.43. The van der Waals surface area contributed by atoms with Gasteiger partial charge in [-0.1, -0.05) is 212 Å². The fourth-order valence-corrected chi connectivity index (χ4v) is 11.8. The summed E-state index contributed by atoms with van der Waals surface area (Å²) in [5.74, 6) is 0. The first kappa shape index (κ1) is 35.7. The van der Waals surface area contributed by atoms with Gasteiger partial charge in [0.05, 0.1) is 10.8 Å². The number of rotatable bonds is 5. The minimum absolute atomic E-state index is 0.455. The van der Waals surface area contributed by atoms with Crippen LogP contribution >= 0.6 is 0 Å². The van der Waals surface area contributed by atoms with E-state index in [2.05, 4.69) is 254 Å². The number of benzene rings is 10. The normalized spacial score (nSPS) is 14.0. The molecule has 0 unspecified atom stereocenters. The van der Waals surface area contributed by atoms with Crippen molar-refractivity contribution in [3.63, 3.8) is 0 Å². The molecule has 0 aromatic heterocycles. The van der Waals surface area contributed by atoms with Gasteiger partial charge in [-0.05, 0) is 125 Å². The summed E-state index contributed by atoms with van der Waals surface area (Å²) in [6.45, 7) is 0. The van der Waals surface area contributed by atoms with Crippen LogP contribution in [0.5, 0.6) is 0 Å². The van der Waals surface area contributed by atoms with Gasteiger partial charge in [-0.2, -0.15) is 0 Å². The van der Waals surface area contributed by atoms with E-state index in [-0.39, 0.29) is 0 Å². The molecule has 0 atom stereocenters. The molecule has 0 radical (unpaired) electrons. The number of para-hydroxylation sites is 1. The van der Waals surface area contributed by atoms with Crippen molar-refractivity contribution in [2.75, 3.05) is 4.90 Å². The Morgan fingerprint density at radius 2 is 0.540 bits per heavy atom. The molecular weight excluding hydrogens is 759 g/mol. The third-order valence-electron chi connectivity index (χ3n) is 14.2. The molecule has 0 fully saturated rings. The standard InChI is InChI=1S/C62H41N/c1-3-18-42(19-4-1)43-34-38-46(39-35-43)63(45-20-5-2-6-21-45)47-40-36-44(37-41-47)48-25-17-33-59-60(48)51-24-9-12-28-54(51)62(59)57-31-15-13-29-55(57)61(56-30-14-16-32-58(56)62)52-26-10-7-22-49(52)50-23-8-11-27-53(50)61/h1-41H. The molecule has 0 amide bonds. The third-order valence-corrected chi connectivity index (χ3v) is 14.2. The molecule has 13 rings (SSSR count). The molecular formula is C62H41N. The average molecular weight is 800 g/mol. The molecule has 0 saturated carbocycles. The van der Waals surface area contributed by atoms with Crippen molar-refractivity contribution < 1.29 is 0 Å². The molecule has 1 heteroatoms. The van der Waals surface area contributed by atoms with Gasteiger partial charge < -0.3 is 4.90 Å². The van der Waals surface area contributed by atoms with Gasteiger partial charge in [0.15, 0.2) is 0 Å². The van der Waals surface area contributed by atoms with Crippen molar-refractivity contribution in [1.82, 2.24) is 0 Å². The molecule has 0 N–H and O–H groups in total. The van der Waals surface area contributed by atoms with Crippen LogP contribution in [0.15, 0.2) is 249 Å². The van der Waals surface area contributed by atoms with E-state index in [9.17, 15) is 0 Å². The maximum Gasteiger partial charge on any atom is 0.0720 e. The van der Waals surface area contributed by atoms with Crippen LogP contribution in [0.4, 0.5) is 17.1 Å². The molecule has 294 valence electrons. The largest absolute Gasteiger partial charge is 0.311 e. The molecule has 0 heterocycles. The Morgan fingerprint density at radius 1 is 0.206 bits per heavy atom. The maximum absolute atomic E-state index is 2.43. The fourth-order valence-electron chi connectivity index (χ4n) is 11.8. The first-order chi connectivity index (χ1) is 31.3. The van der Waals surface area contributed by atoms with Gasteiger partial charge in [0, 0.05) is 17.1 Å². The summed E-state index contributed by atoms with van der Waals surface area (Å²) in [6, 6.07) is 92.5. The summed E-state index contributed by atoms with van der Waals surface area (Å²) in [5.41, 5.74) is 23.3. The highest BCUT2D eigenvalue weighted by Gasteiger charge is 2.59. The number of nitrogens with zero attached hydrogens (tertiary/aromatic N) is 1. The summed E-state index contributed by atoms with van der Waals surface area (Å²) in [6.07, 6.45) is 0. The van der Waals surface area contributed by atoms with Crippen molar-refractivity contribution in [1.29, 1.82) is 0 Å². The minimum atomic E-state index is -0.525. The third kappa shape index (κ3) is 4.88. The molecule has 63 heavy (non-hydrogen) atoms. The minimum Gasteiger partial charge on any atom is -0.311 e. The monoisotopic (exact) mass is 799 g/mol. The van der Waals surface area contributed by atoms with E-state index in [1.54, 1.807) is 0 Å². The van der Waals surface area contributed by atoms with Crippen LogP contribution in [-0.4, -0.2) is 0 Å². The van der Waals surface area contributed by atoms with E-state index in [1.165, 1.54) is 89.0 Å². The molecule has 10 aromatic carbocycles. The number of fused-ring (bicyclic) bond motifs is 16. The van der Waals surface area contributed by atoms with Gasteiger partial charge in [0.2, 0.25) is 0 Å². The molecule has 3 aliphatic rings. The fraction of sp³-hybridized carbons (Fsp3) is 0.0323. The second kappa shape index (κ2) is 13.8. The quantitative estimate of drug-likeness (QED) is 0.168. The van der Waals surface area contributed by atoms with Crippen LogP contribution < -0.4 is 4.90 Å². The van der Waals surface area contributed by atoms with Crippen LogP contribution in [0, 0.1) is 0 Å². The lowest BCUT2D eigenvalue weighted by molar-refractivity contribution is 0.633. The molecule has 1 nitrogen and oxygen atoms in total. The molecule has 10 aromatic rings. The lowest BCUT2D eigenvalue weighted by Gasteiger charge is -2.48. The van der Waals surface area contributed by atoms with E-state index in [0.717, 1.165) is 17.1 Å². The van der Waals surface area contributed by atoms with Crippen molar-refractivity contribution in [3.05, 3.63) is 293 Å². The average Bonchev–Trinajstić information content (AvgIpc) is 3.83. The lowest BCUT2D eigenvalue weighted by Crippen LogP contribution is -2.43. The Bertz CT molecular complexity index is 3290. The predicted molar refractivity (Wildman–Crippen MR) is 260 cm³/mol. The molecule has 0 aliphatic heterocycles. The van der Waals surface area contributed by atoms with Crippen molar-refractivity contribution >= 4 is 17.1 Å². The Balaban J connectivity index is 0.997. The van der Waals surface area contributed by atoms with Gasteiger partial charge in [0.25, 0.3) is 0 Å². The second-order valence-corrected chi connectivity index (χ2v) is 17.1. The molecule has 0 saturated heterocycles. The summed E-state index contributed by atoms with van der Waals surface area (Å²) >= 11 is 0. The summed E-state index contributed by atoms with van der Waals surface area (Å²) in [7, 11) is 0. The molecule has 3 aliphatic carbocycles. The molecule has 2 spiro atoms. The Hall–Kier alpha value is -8.00. The van der Waals surface area contributed by atoms with Crippen LogP contribution in [0.3, 0.4) is 0 Å². The van der Waals surface area contributed by atoms with E-state index < -0.39 is 10.8 Å². The summed E-state index contributed by atoms with van der Waals surface area (Å²) in [4.78, 5) is 2.35. The van der Waals surface area contributed by atoms with Crippen LogP contribution in [0.1, 0.15) is 44.5 Å². The Kier molecular flexibility index (Phi) is 7.80. The summed E-state index contributed by atoms with van der Waals surface area (Å²) < 4.78 is 0. The highest BCUT2D eigenvalue weighted by atomic mass is 15.1. The first-order valence-corrected chi connectivity index (χ1v) is 22.0. The van der Waals surface area contributed by atoms with Gasteiger partial charge in [-0.15, -0.1) is 0 Å². The van der Waals surface area contributed by atoms with Gasteiger partial charge >= 0.3 is 0 Å². The number of anilines is 3. The Labute approximate surface area is 368 Å². The zero-order valence-corrected chi connectivity index (χ0v) is 34.6. The van der Waals surface area contributed by atoms with Gasteiger partial charge in [-0.25, -0.2) is 0 Å². The number of hydrogen-bond acceptors (Lipinski definition) is 1. The van der Waals surface area contributed by atoms with E-state index in [4.69, 9.17) is 0 Å². The zero-order valence-electron chi connectivity index (χ0n) is 34.6. The predicted octanol–water partition coefficient (Wildman–Crippen LogP) is 15.5. The highest BCUT2D eigenvalue weighted by Crippen LogP contribution is 2.68. The highest BCUT2D eigenvalue weighted by molar-refractivity contribution is 5.98. The van der Waals surface area contributed by atoms with Crippen LogP contribution in [0.25, 0.3) is 44.5 Å². The second-order valence-electron chi connectivity index (χ2n) is 17.1. The topological polar surface area (TPSA) is 3.24 Å². The van der Waals surface area contributed by atoms with Crippen molar-refractivity contribution in [3.8, 4) is 44.5 Å². The zero-order chi connectivity index (χ0) is 41.5. The SMILES string of the molecule is c1ccc(-c2ccc(N(c3ccccc3)c3ccc(-c4cccc5c4-c4ccccc4C54c5ccccc5C5(c6ccccc6-c6ccccc65)c5ccccc54)cc3)cc2)cc1. The lowest BCUT2D eigenvalue weighted by atomic mass is 9.52. The van der Waals surface area contributed by atoms with Crippen LogP contribution in [-0.2, 0) is 10.8 Å². The van der Waals surface area contributed by atoms with Crippen molar-refractivity contribution in [2.45, 2.75) is 10.8 Å². The Morgan fingerprint density at radius 3 is 1.06 bits per heavy atom. The van der Waals surface area contributed by atoms with Gasteiger partial charge in [-0.3, -0.25) is 0 Å². The van der Waals surface area contributed by atoms with E-state index in [1.807, 2.05) is 0 Å². The van der Waals surface area contributed by atoms with Gasteiger partial charge in [0.1, 0.15) is 0 Å². The smallest absolute Gasteiger partial charge is 0.0720 e. The van der Waals surface area contributed by atoms with Crippen LogP contribution in [0.2, 0.25) is 0 Å².